The summed E-state index contributed by atoms with van der Waals surface area (Å²) in [4.78, 5) is 10.4. The minimum atomic E-state index is 0.589. The topological polar surface area (TPSA) is 54.5 Å². The van der Waals surface area contributed by atoms with Crippen LogP contribution in [-0.4, -0.2) is 28.9 Å². The summed E-state index contributed by atoms with van der Waals surface area (Å²) in [7, 11) is 0. The first-order valence-corrected chi connectivity index (χ1v) is 5.22. The molecule has 1 heterocycles. The largest absolute Gasteiger partial charge is 0.370 e. The summed E-state index contributed by atoms with van der Waals surface area (Å²) in [5.41, 5.74) is 6.84. The van der Waals surface area contributed by atoms with Crippen molar-refractivity contribution < 1.29 is 0 Å². The molecule has 0 aliphatic carbocycles. The van der Waals surface area contributed by atoms with E-state index in [-0.39, 0.29) is 0 Å². The maximum absolute atomic E-state index is 5.83. The molecule has 0 unspecified atom stereocenters. The van der Waals surface area contributed by atoms with Gasteiger partial charge in [-0.05, 0) is 26.0 Å². The predicted octanol–water partition coefficient (Wildman–Crippen LogP) is 1.24. The summed E-state index contributed by atoms with van der Waals surface area (Å²) in [5, 5.41) is 0. The standard InChI is InChI=1S/C11H18N4/c1-3-13-11(12)15(4-2)9-10-7-5-6-8-14-10/h5-8H,3-4,9H2,1-2H3,(H2,12,13). The van der Waals surface area contributed by atoms with Crippen molar-refractivity contribution in [1.29, 1.82) is 0 Å². The van der Waals surface area contributed by atoms with E-state index in [4.69, 9.17) is 5.73 Å². The van der Waals surface area contributed by atoms with Crippen molar-refractivity contribution in [1.82, 2.24) is 9.88 Å². The van der Waals surface area contributed by atoms with Gasteiger partial charge in [-0.2, -0.15) is 0 Å². The van der Waals surface area contributed by atoms with Gasteiger partial charge in [0.25, 0.3) is 0 Å². The summed E-state index contributed by atoms with van der Waals surface area (Å²) in [6.45, 7) is 6.30. The lowest BCUT2D eigenvalue weighted by molar-refractivity contribution is 0.423. The van der Waals surface area contributed by atoms with Crippen LogP contribution < -0.4 is 5.73 Å². The Labute approximate surface area is 90.8 Å². The second-order valence-corrected chi connectivity index (χ2v) is 3.17. The van der Waals surface area contributed by atoms with Crippen molar-refractivity contribution in [2.45, 2.75) is 20.4 Å². The van der Waals surface area contributed by atoms with Gasteiger partial charge in [-0.25, -0.2) is 0 Å². The third-order valence-electron chi connectivity index (χ3n) is 2.10. The van der Waals surface area contributed by atoms with E-state index in [0.29, 0.717) is 19.0 Å². The van der Waals surface area contributed by atoms with E-state index in [1.54, 1.807) is 6.20 Å². The summed E-state index contributed by atoms with van der Waals surface area (Å²) in [6, 6.07) is 5.87. The number of guanidine groups is 1. The van der Waals surface area contributed by atoms with Gasteiger partial charge in [0.1, 0.15) is 0 Å². The van der Waals surface area contributed by atoms with E-state index in [2.05, 4.69) is 16.9 Å². The van der Waals surface area contributed by atoms with Crippen molar-refractivity contribution in [2.75, 3.05) is 13.1 Å². The van der Waals surface area contributed by atoms with Crippen LogP contribution in [0.1, 0.15) is 19.5 Å². The zero-order chi connectivity index (χ0) is 11.1. The average Bonchev–Trinajstić information content (AvgIpc) is 2.27. The Hall–Kier alpha value is -1.58. The highest BCUT2D eigenvalue weighted by Crippen LogP contribution is 2.00. The first-order chi connectivity index (χ1) is 7.27. The zero-order valence-corrected chi connectivity index (χ0v) is 9.35. The predicted molar refractivity (Wildman–Crippen MR) is 62.5 cm³/mol. The van der Waals surface area contributed by atoms with Crippen LogP contribution in [0.4, 0.5) is 0 Å². The molecule has 1 aromatic heterocycles. The fourth-order valence-corrected chi connectivity index (χ4v) is 1.30. The number of aliphatic imine (C=N–C) groups is 1. The minimum absolute atomic E-state index is 0.589. The van der Waals surface area contributed by atoms with Crippen LogP contribution in [0.2, 0.25) is 0 Å². The van der Waals surface area contributed by atoms with Crippen molar-refractivity contribution in [3.8, 4) is 0 Å². The number of pyridine rings is 1. The lowest BCUT2D eigenvalue weighted by Gasteiger charge is -2.21. The molecule has 4 nitrogen and oxygen atoms in total. The van der Waals surface area contributed by atoms with Crippen LogP contribution in [0.3, 0.4) is 0 Å². The van der Waals surface area contributed by atoms with Gasteiger partial charge in [0.15, 0.2) is 5.96 Å². The van der Waals surface area contributed by atoms with Gasteiger partial charge in [0.05, 0.1) is 12.2 Å². The molecule has 2 N–H and O–H groups in total. The quantitative estimate of drug-likeness (QED) is 0.595. The Bertz CT molecular complexity index is 308. The number of hydrogen-bond acceptors (Lipinski definition) is 2. The van der Waals surface area contributed by atoms with Crippen molar-refractivity contribution in [2.24, 2.45) is 10.7 Å². The fourth-order valence-electron chi connectivity index (χ4n) is 1.30. The molecule has 0 aliphatic heterocycles. The molecule has 0 spiro atoms. The highest BCUT2D eigenvalue weighted by Gasteiger charge is 2.05. The van der Waals surface area contributed by atoms with Gasteiger partial charge >= 0.3 is 0 Å². The van der Waals surface area contributed by atoms with Gasteiger partial charge in [-0.1, -0.05) is 6.07 Å². The van der Waals surface area contributed by atoms with Crippen LogP contribution >= 0.6 is 0 Å². The number of rotatable bonds is 4. The van der Waals surface area contributed by atoms with Gasteiger partial charge in [-0.3, -0.25) is 9.98 Å². The van der Waals surface area contributed by atoms with E-state index >= 15 is 0 Å². The van der Waals surface area contributed by atoms with Crippen molar-refractivity contribution in [3.05, 3.63) is 30.1 Å². The molecule has 1 rings (SSSR count). The first-order valence-electron chi connectivity index (χ1n) is 5.22. The van der Waals surface area contributed by atoms with E-state index < -0.39 is 0 Å². The number of hydrogen-bond donors (Lipinski definition) is 1. The minimum Gasteiger partial charge on any atom is -0.370 e. The molecule has 0 aliphatic rings. The molecule has 0 saturated carbocycles. The molecular formula is C11H18N4. The number of nitrogens with zero attached hydrogens (tertiary/aromatic N) is 3. The molecular weight excluding hydrogens is 188 g/mol. The molecule has 4 heteroatoms. The lowest BCUT2D eigenvalue weighted by Crippen LogP contribution is -2.37. The van der Waals surface area contributed by atoms with Crippen LogP contribution in [0.15, 0.2) is 29.4 Å². The van der Waals surface area contributed by atoms with Crippen LogP contribution in [-0.2, 0) is 6.54 Å². The second kappa shape index (κ2) is 6.01. The normalized spacial score (nSPS) is 11.5. The van der Waals surface area contributed by atoms with Crippen LogP contribution in [0.5, 0.6) is 0 Å². The molecule has 82 valence electrons. The zero-order valence-electron chi connectivity index (χ0n) is 9.35. The maximum Gasteiger partial charge on any atom is 0.191 e. The fraction of sp³-hybridized carbons (Fsp3) is 0.455. The monoisotopic (exact) mass is 206 g/mol. The van der Waals surface area contributed by atoms with Gasteiger partial charge in [0, 0.05) is 19.3 Å². The molecule has 15 heavy (non-hydrogen) atoms. The van der Waals surface area contributed by atoms with Crippen LogP contribution in [0.25, 0.3) is 0 Å². The number of nitrogens with two attached hydrogens (primary N) is 1. The average molecular weight is 206 g/mol. The third-order valence-corrected chi connectivity index (χ3v) is 2.10. The first kappa shape index (κ1) is 11.5. The summed E-state index contributed by atoms with van der Waals surface area (Å²) in [5.74, 6) is 0.589. The highest BCUT2D eigenvalue weighted by atomic mass is 15.2. The smallest absolute Gasteiger partial charge is 0.191 e. The van der Waals surface area contributed by atoms with Gasteiger partial charge in [-0.15, -0.1) is 0 Å². The van der Waals surface area contributed by atoms with Crippen molar-refractivity contribution >= 4 is 5.96 Å². The Morgan fingerprint density at radius 1 is 1.47 bits per heavy atom. The molecule has 0 amide bonds. The van der Waals surface area contributed by atoms with E-state index in [9.17, 15) is 0 Å². The molecule has 0 saturated heterocycles. The molecule has 0 radical (unpaired) electrons. The molecule has 0 bridgehead atoms. The Kier molecular flexibility index (Phi) is 4.60. The third kappa shape index (κ3) is 3.58. The molecule has 0 atom stereocenters. The second-order valence-electron chi connectivity index (χ2n) is 3.17. The Morgan fingerprint density at radius 3 is 2.80 bits per heavy atom. The maximum atomic E-state index is 5.83. The lowest BCUT2D eigenvalue weighted by atomic mass is 10.3. The van der Waals surface area contributed by atoms with E-state index in [1.807, 2.05) is 30.0 Å². The highest BCUT2D eigenvalue weighted by molar-refractivity contribution is 5.77. The summed E-state index contributed by atoms with van der Waals surface area (Å²) in [6.07, 6.45) is 1.79. The number of aromatic nitrogens is 1. The molecule has 0 fully saturated rings. The van der Waals surface area contributed by atoms with Crippen LogP contribution in [0, 0.1) is 0 Å². The summed E-state index contributed by atoms with van der Waals surface area (Å²) < 4.78 is 0. The van der Waals surface area contributed by atoms with Crippen molar-refractivity contribution in [3.63, 3.8) is 0 Å². The Morgan fingerprint density at radius 2 is 2.27 bits per heavy atom. The summed E-state index contributed by atoms with van der Waals surface area (Å²) >= 11 is 0. The van der Waals surface area contributed by atoms with E-state index in [0.717, 1.165) is 12.2 Å². The molecule has 0 aromatic carbocycles. The van der Waals surface area contributed by atoms with E-state index in [1.165, 1.54) is 0 Å². The van der Waals surface area contributed by atoms with Gasteiger partial charge < -0.3 is 10.6 Å². The Balaban J connectivity index is 2.66. The molecule has 1 aromatic rings. The SMILES string of the molecule is CCN=C(N)N(CC)Cc1ccccn1. The van der Waals surface area contributed by atoms with Gasteiger partial charge in [0.2, 0.25) is 0 Å².